The van der Waals surface area contributed by atoms with Gasteiger partial charge in [-0.15, -0.1) is 0 Å². The third kappa shape index (κ3) is 2.63. The zero-order valence-corrected chi connectivity index (χ0v) is 12.3. The van der Waals surface area contributed by atoms with E-state index in [9.17, 15) is 9.59 Å². The van der Waals surface area contributed by atoms with Gasteiger partial charge in [0, 0.05) is 18.1 Å². The van der Waals surface area contributed by atoms with Crippen molar-refractivity contribution in [3.05, 3.63) is 41.0 Å². The van der Waals surface area contributed by atoms with Crippen molar-refractivity contribution in [3.63, 3.8) is 0 Å². The predicted octanol–water partition coefficient (Wildman–Crippen LogP) is 1.81. The maximum Gasteiger partial charge on any atom is 0.334 e. The number of morpholine rings is 1. The fourth-order valence-electron chi connectivity index (χ4n) is 2.46. The van der Waals surface area contributed by atoms with Crippen LogP contribution in [0.2, 0.25) is 5.02 Å². The Morgan fingerprint density at radius 2 is 2.18 bits per heavy atom. The summed E-state index contributed by atoms with van der Waals surface area (Å²) in [6.45, 7) is 0.562. The van der Waals surface area contributed by atoms with Crippen LogP contribution in [0, 0.1) is 0 Å². The van der Waals surface area contributed by atoms with E-state index in [0.29, 0.717) is 28.0 Å². The molecule has 2 aromatic rings. The second kappa shape index (κ2) is 5.90. The van der Waals surface area contributed by atoms with Gasteiger partial charge in [-0.25, -0.2) is 4.79 Å². The summed E-state index contributed by atoms with van der Waals surface area (Å²) in [5.74, 6) is -1.34. The molecule has 7 heteroatoms. The van der Waals surface area contributed by atoms with Crippen molar-refractivity contribution in [3.8, 4) is 0 Å². The Labute approximate surface area is 131 Å². The van der Waals surface area contributed by atoms with Crippen LogP contribution in [0.15, 0.2) is 30.5 Å². The maximum absolute atomic E-state index is 12.7. The minimum absolute atomic E-state index is 0.0190. The summed E-state index contributed by atoms with van der Waals surface area (Å²) in [4.78, 5) is 29.4. The number of hydrogen-bond acceptors (Lipinski definition) is 4. The standard InChI is InChI=1S/C15H13ClN2O4/c16-11-4-3-10(13-9(11)2-1-5-17-13)14(19)18-6-7-22-12(8-18)15(20)21/h1-5,12H,6-8H2,(H,20,21). The molecule has 1 aromatic heterocycles. The van der Waals surface area contributed by atoms with Crippen LogP contribution in [0.3, 0.4) is 0 Å². The van der Waals surface area contributed by atoms with E-state index in [1.807, 2.05) is 0 Å². The molecular formula is C15H13ClN2O4. The molecular weight excluding hydrogens is 308 g/mol. The van der Waals surface area contributed by atoms with Gasteiger partial charge in [-0.05, 0) is 24.3 Å². The molecule has 1 aliphatic heterocycles. The number of halogens is 1. The fourth-order valence-corrected chi connectivity index (χ4v) is 2.68. The molecule has 1 saturated heterocycles. The molecule has 0 spiro atoms. The van der Waals surface area contributed by atoms with Crippen LogP contribution in [0.4, 0.5) is 0 Å². The average molecular weight is 321 g/mol. The number of rotatable bonds is 2. The van der Waals surface area contributed by atoms with E-state index in [0.717, 1.165) is 0 Å². The van der Waals surface area contributed by atoms with Crippen LogP contribution < -0.4 is 0 Å². The number of fused-ring (bicyclic) bond motifs is 1. The van der Waals surface area contributed by atoms with Crippen LogP contribution in [0.1, 0.15) is 10.4 Å². The quantitative estimate of drug-likeness (QED) is 0.913. The lowest BCUT2D eigenvalue weighted by Gasteiger charge is -2.31. The fraction of sp³-hybridized carbons (Fsp3) is 0.267. The first-order chi connectivity index (χ1) is 10.6. The highest BCUT2D eigenvalue weighted by Gasteiger charge is 2.30. The first-order valence-corrected chi connectivity index (χ1v) is 7.12. The van der Waals surface area contributed by atoms with Gasteiger partial charge in [-0.2, -0.15) is 0 Å². The molecule has 1 aromatic carbocycles. The van der Waals surface area contributed by atoms with Crippen molar-refractivity contribution in [2.45, 2.75) is 6.10 Å². The minimum Gasteiger partial charge on any atom is -0.479 e. The highest BCUT2D eigenvalue weighted by atomic mass is 35.5. The Kier molecular flexibility index (Phi) is 3.96. The van der Waals surface area contributed by atoms with Gasteiger partial charge in [0.1, 0.15) is 0 Å². The summed E-state index contributed by atoms with van der Waals surface area (Å²) in [6.07, 6.45) is 0.596. The molecule has 1 aliphatic rings. The van der Waals surface area contributed by atoms with E-state index in [1.54, 1.807) is 30.5 Å². The van der Waals surface area contributed by atoms with Gasteiger partial charge >= 0.3 is 5.97 Å². The van der Waals surface area contributed by atoms with Gasteiger partial charge in [0.15, 0.2) is 6.10 Å². The number of nitrogens with zero attached hydrogens (tertiary/aromatic N) is 2. The number of amides is 1. The third-order valence-corrected chi connectivity index (χ3v) is 3.91. The Morgan fingerprint density at radius 3 is 2.95 bits per heavy atom. The van der Waals surface area contributed by atoms with E-state index < -0.39 is 12.1 Å². The van der Waals surface area contributed by atoms with Crippen LogP contribution in [0.5, 0.6) is 0 Å². The number of hydrogen-bond donors (Lipinski definition) is 1. The highest BCUT2D eigenvalue weighted by molar-refractivity contribution is 6.36. The summed E-state index contributed by atoms with van der Waals surface area (Å²) >= 11 is 6.12. The molecule has 22 heavy (non-hydrogen) atoms. The van der Waals surface area contributed by atoms with Crippen molar-refractivity contribution in [2.75, 3.05) is 19.7 Å². The maximum atomic E-state index is 12.7. The van der Waals surface area contributed by atoms with E-state index in [2.05, 4.69) is 4.98 Å². The molecule has 1 amide bonds. The first-order valence-electron chi connectivity index (χ1n) is 6.75. The topological polar surface area (TPSA) is 79.7 Å². The van der Waals surface area contributed by atoms with Crippen LogP contribution in [0.25, 0.3) is 10.9 Å². The lowest BCUT2D eigenvalue weighted by atomic mass is 10.1. The van der Waals surface area contributed by atoms with Crippen molar-refractivity contribution >= 4 is 34.4 Å². The summed E-state index contributed by atoms with van der Waals surface area (Å²) in [6, 6.07) is 6.80. The minimum atomic E-state index is -1.07. The van der Waals surface area contributed by atoms with Gasteiger partial charge in [-0.1, -0.05) is 11.6 Å². The zero-order valence-electron chi connectivity index (χ0n) is 11.5. The van der Waals surface area contributed by atoms with E-state index in [-0.39, 0.29) is 19.1 Å². The number of carboxylic acids is 1. The number of carbonyl (C=O) groups is 2. The van der Waals surface area contributed by atoms with Gasteiger partial charge in [0.05, 0.1) is 29.3 Å². The second-order valence-corrected chi connectivity index (χ2v) is 5.35. The number of benzene rings is 1. The molecule has 1 fully saturated rings. The lowest BCUT2D eigenvalue weighted by molar-refractivity contribution is -0.154. The molecule has 1 N–H and O–H groups in total. The molecule has 3 rings (SSSR count). The van der Waals surface area contributed by atoms with Gasteiger partial charge in [0.2, 0.25) is 0 Å². The number of carbonyl (C=O) groups excluding carboxylic acids is 1. The Hall–Kier alpha value is -2.18. The van der Waals surface area contributed by atoms with Gasteiger partial charge in [-0.3, -0.25) is 9.78 Å². The van der Waals surface area contributed by atoms with E-state index >= 15 is 0 Å². The monoisotopic (exact) mass is 320 g/mol. The molecule has 1 atom stereocenters. The summed E-state index contributed by atoms with van der Waals surface area (Å²) in [5.41, 5.74) is 0.921. The van der Waals surface area contributed by atoms with Crippen molar-refractivity contribution in [1.82, 2.24) is 9.88 Å². The van der Waals surface area contributed by atoms with Crippen molar-refractivity contribution in [1.29, 1.82) is 0 Å². The highest BCUT2D eigenvalue weighted by Crippen LogP contribution is 2.26. The smallest absolute Gasteiger partial charge is 0.334 e. The average Bonchev–Trinajstić information content (AvgIpc) is 2.55. The summed E-state index contributed by atoms with van der Waals surface area (Å²) in [5, 5.41) is 10.2. The SMILES string of the molecule is O=C(O)C1CN(C(=O)c2ccc(Cl)c3cccnc23)CCO1. The molecule has 0 aliphatic carbocycles. The van der Waals surface area contributed by atoms with Gasteiger partial charge in [0.25, 0.3) is 5.91 Å². The number of aliphatic carboxylic acids is 1. The number of pyridine rings is 1. The van der Waals surface area contributed by atoms with E-state index in [1.165, 1.54) is 4.90 Å². The number of ether oxygens (including phenoxy) is 1. The number of carboxylic acid groups (broad SMARTS) is 1. The van der Waals surface area contributed by atoms with Crippen LogP contribution >= 0.6 is 11.6 Å². The Bertz CT molecular complexity index is 749. The predicted molar refractivity (Wildman–Crippen MR) is 80.0 cm³/mol. The van der Waals surface area contributed by atoms with E-state index in [4.69, 9.17) is 21.4 Å². The third-order valence-electron chi connectivity index (χ3n) is 3.58. The molecule has 0 bridgehead atoms. The molecule has 0 radical (unpaired) electrons. The summed E-state index contributed by atoms with van der Waals surface area (Å²) in [7, 11) is 0. The molecule has 114 valence electrons. The Morgan fingerprint density at radius 1 is 1.36 bits per heavy atom. The van der Waals surface area contributed by atoms with Crippen LogP contribution in [-0.4, -0.2) is 52.7 Å². The van der Waals surface area contributed by atoms with Crippen molar-refractivity contribution < 1.29 is 19.4 Å². The zero-order chi connectivity index (χ0) is 15.7. The number of aromatic nitrogens is 1. The normalized spacial score (nSPS) is 18.4. The molecule has 1 unspecified atom stereocenters. The second-order valence-electron chi connectivity index (χ2n) is 4.94. The summed E-state index contributed by atoms with van der Waals surface area (Å²) < 4.78 is 5.13. The first kappa shape index (κ1) is 14.7. The molecule has 2 heterocycles. The largest absolute Gasteiger partial charge is 0.479 e. The van der Waals surface area contributed by atoms with Gasteiger partial charge < -0.3 is 14.7 Å². The molecule has 0 saturated carbocycles. The van der Waals surface area contributed by atoms with Crippen molar-refractivity contribution in [2.24, 2.45) is 0 Å². The van der Waals surface area contributed by atoms with Crippen LogP contribution in [-0.2, 0) is 9.53 Å². The molecule has 6 nitrogen and oxygen atoms in total. The lowest BCUT2D eigenvalue weighted by Crippen LogP contribution is -2.48. The Balaban J connectivity index is 1.96.